The summed E-state index contributed by atoms with van der Waals surface area (Å²) in [5.41, 5.74) is -0.111. The van der Waals surface area contributed by atoms with Gasteiger partial charge in [0.25, 0.3) is 0 Å². The number of piperidine rings is 1. The van der Waals surface area contributed by atoms with Gasteiger partial charge in [0.05, 0.1) is 11.5 Å². The zero-order chi connectivity index (χ0) is 28.9. The molecular formula is C33H51F2N3O3. The Labute approximate surface area is 245 Å². The molecule has 230 valence electrons. The van der Waals surface area contributed by atoms with Crippen molar-refractivity contribution in [3.8, 4) is 0 Å². The van der Waals surface area contributed by atoms with Crippen molar-refractivity contribution in [3.05, 3.63) is 35.4 Å². The largest absolute Gasteiger partial charge is 0.447 e. The normalized spacial score (nSPS) is 27.0. The van der Waals surface area contributed by atoms with Gasteiger partial charge in [0, 0.05) is 50.2 Å². The van der Waals surface area contributed by atoms with Crippen LogP contribution < -0.4 is 0 Å². The molecular weight excluding hydrogens is 524 g/mol. The molecule has 2 atom stereocenters. The zero-order valence-electron chi connectivity index (χ0n) is 25.0. The predicted molar refractivity (Wildman–Crippen MR) is 158 cm³/mol. The molecule has 4 fully saturated rings. The summed E-state index contributed by atoms with van der Waals surface area (Å²) in [5, 5.41) is 0. The Bertz CT molecular complexity index is 1100. The molecule has 1 unspecified atom stereocenters. The van der Waals surface area contributed by atoms with Gasteiger partial charge in [-0.15, -0.1) is 0 Å². The van der Waals surface area contributed by atoms with Gasteiger partial charge in [-0.1, -0.05) is 32.8 Å². The molecule has 2 amide bonds. The molecule has 1 saturated carbocycles. The average Bonchev–Trinajstić information content (AvgIpc) is 3.46. The van der Waals surface area contributed by atoms with Crippen molar-refractivity contribution in [2.45, 2.75) is 104 Å². The Morgan fingerprint density at radius 1 is 1.05 bits per heavy atom. The lowest BCUT2D eigenvalue weighted by molar-refractivity contribution is -0.139. The number of halogens is 2. The number of nitrogens with zero attached hydrogens (tertiary/aromatic N) is 3. The highest BCUT2D eigenvalue weighted by atomic mass is 19.1. The Kier molecular flexibility index (Phi) is 9.14. The second-order valence-electron chi connectivity index (χ2n) is 14.4. The van der Waals surface area contributed by atoms with Crippen LogP contribution in [-0.4, -0.2) is 77.1 Å². The molecule has 6 nitrogen and oxygen atoms in total. The monoisotopic (exact) mass is 575 g/mol. The Morgan fingerprint density at radius 3 is 2.27 bits per heavy atom. The van der Waals surface area contributed by atoms with Gasteiger partial charge in [-0.05, 0) is 83.3 Å². The first kappa shape index (κ1) is 31.7. The van der Waals surface area contributed by atoms with Crippen molar-refractivity contribution < 1.29 is 23.1 Å². The van der Waals surface area contributed by atoms with E-state index in [-0.39, 0.29) is 47.8 Å². The van der Waals surface area contributed by atoms with E-state index in [4.69, 9.17) is 4.74 Å². The van der Waals surface area contributed by atoms with Crippen molar-refractivity contribution in [1.82, 2.24) is 14.7 Å². The first-order valence-corrected chi connectivity index (χ1v) is 15.2. The Balaban J connectivity index is 0.00000387. The molecule has 8 heteroatoms. The summed E-state index contributed by atoms with van der Waals surface area (Å²) < 4.78 is 34.2. The number of likely N-dealkylation sites (tertiary alicyclic amines) is 2. The maximum Gasteiger partial charge on any atom is 0.410 e. The molecule has 1 aromatic rings. The smallest absolute Gasteiger partial charge is 0.410 e. The number of carbonyl (C=O) groups is 2. The number of hydrogen-bond donors (Lipinski definition) is 0. The van der Waals surface area contributed by atoms with E-state index in [0.717, 1.165) is 18.9 Å². The fourth-order valence-corrected chi connectivity index (χ4v) is 7.77. The van der Waals surface area contributed by atoms with Crippen LogP contribution in [0, 0.1) is 28.9 Å². The summed E-state index contributed by atoms with van der Waals surface area (Å²) >= 11 is 0. The van der Waals surface area contributed by atoms with Crippen molar-refractivity contribution in [2.75, 3.05) is 39.3 Å². The molecule has 0 bridgehead atoms. The Morgan fingerprint density at radius 2 is 1.71 bits per heavy atom. The van der Waals surface area contributed by atoms with Crippen LogP contribution in [0.15, 0.2) is 18.2 Å². The number of cyclic esters (lactones) is 1. The lowest BCUT2D eigenvalue weighted by Gasteiger charge is -2.51. The van der Waals surface area contributed by atoms with E-state index in [2.05, 4.69) is 39.5 Å². The third kappa shape index (κ3) is 6.28. The van der Waals surface area contributed by atoms with Crippen LogP contribution in [0.2, 0.25) is 0 Å². The summed E-state index contributed by atoms with van der Waals surface area (Å²) in [7, 11) is 0. The minimum atomic E-state index is -0.602. The van der Waals surface area contributed by atoms with Crippen LogP contribution in [-0.2, 0) is 9.53 Å². The van der Waals surface area contributed by atoms with E-state index in [1.54, 1.807) is 0 Å². The minimum Gasteiger partial charge on any atom is -0.447 e. The number of hydrogen-bond acceptors (Lipinski definition) is 4. The van der Waals surface area contributed by atoms with Crippen molar-refractivity contribution in [2.24, 2.45) is 17.3 Å². The molecule has 1 aromatic carbocycles. The standard InChI is InChI=1S/C32H47F2N3O3.CH4/c1-30(2,3)36-18-25(24-12-11-23(33)17-27(24)34)26(19-36)28(38)35-15-13-32(14-16-35,22-9-7-6-8-10-22)20-37-29(39)40-21-31(37,4)5;/h11-12,17,22,25-26H,6-10,13-16,18-21H2,1-5H3;1H4/t25-,26?;/m1./s1. The molecule has 5 rings (SSSR count). The van der Waals surface area contributed by atoms with Gasteiger partial charge in [0.15, 0.2) is 0 Å². The summed E-state index contributed by atoms with van der Waals surface area (Å²) in [6, 6.07) is 3.74. The highest BCUT2D eigenvalue weighted by molar-refractivity contribution is 5.81. The molecule has 1 aliphatic carbocycles. The van der Waals surface area contributed by atoms with Crippen molar-refractivity contribution in [1.29, 1.82) is 0 Å². The Hall–Kier alpha value is -2.22. The van der Waals surface area contributed by atoms with Gasteiger partial charge in [-0.25, -0.2) is 13.6 Å². The quantitative estimate of drug-likeness (QED) is 0.386. The summed E-state index contributed by atoms with van der Waals surface area (Å²) in [4.78, 5) is 33.1. The SMILES string of the molecule is C.CC(C)(C)N1CC(C(=O)N2CCC(CN3C(=O)OCC3(C)C)(C3CCCCC3)CC2)[C@@H](c2ccc(F)cc2F)C1. The second-order valence-corrected chi connectivity index (χ2v) is 14.4. The second kappa shape index (κ2) is 11.8. The van der Waals surface area contributed by atoms with Crippen LogP contribution in [0.25, 0.3) is 0 Å². The van der Waals surface area contributed by atoms with Gasteiger partial charge < -0.3 is 9.64 Å². The molecule has 0 radical (unpaired) electrons. The van der Waals surface area contributed by atoms with Gasteiger partial charge in [0.2, 0.25) is 5.91 Å². The lowest BCUT2D eigenvalue weighted by atomic mass is 9.63. The number of ether oxygens (including phenoxy) is 1. The van der Waals surface area contributed by atoms with E-state index in [9.17, 15) is 18.4 Å². The third-order valence-electron chi connectivity index (χ3n) is 10.5. The number of rotatable bonds is 5. The van der Waals surface area contributed by atoms with E-state index >= 15 is 0 Å². The number of amides is 2. The highest BCUT2D eigenvalue weighted by Gasteiger charge is 2.51. The highest BCUT2D eigenvalue weighted by Crippen LogP contribution is 2.48. The van der Waals surface area contributed by atoms with Crippen molar-refractivity contribution in [3.63, 3.8) is 0 Å². The zero-order valence-corrected chi connectivity index (χ0v) is 25.0. The molecule has 0 aromatic heterocycles. The van der Waals surface area contributed by atoms with E-state index in [1.165, 1.54) is 44.2 Å². The van der Waals surface area contributed by atoms with Crippen molar-refractivity contribution >= 4 is 12.0 Å². The fourth-order valence-electron chi connectivity index (χ4n) is 7.77. The first-order valence-electron chi connectivity index (χ1n) is 15.2. The van der Waals surface area contributed by atoms with E-state index in [0.29, 0.717) is 50.8 Å². The topological polar surface area (TPSA) is 53.1 Å². The lowest BCUT2D eigenvalue weighted by Crippen LogP contribution is -2.55. The maximum absolute atomic E-state index is 15.0. The van der Waals surface area contributed by atoms with Crippen LogP contribution in [0.4, 0.5) is 13.6 Å². The van der Waals surface area contributed by atoms with Crippen LogP contribution in [0.3, 0.4) is 0 Å². The molecule has 3 aliphatic heterocycles. The third-order valence-corrected chi connectivity index (χ3v) is 10.5. The summed E-state index contributed by atoms with van der Waals surface area (Å²) in [6.45, 7) is 14.0. The summed E-state index contributed by atoms with van der Waals surface area (Å²) in [6.07, 6.45) is 7.54. The van der Waals surface area contributed by atoms with Gasteiger partial charge >= 0.3 is 6.09 Å². The summed E-state index contributed by atoms with van der Waals surface area (Å²) in [5.74, 6) is -1.28. The van der Waals surface area contributed by atoms with Gasteiger partial charge in [-0.3, -0.25) is 14.6 Å². The maximum atomic E-state index is 15.0. The average molecular weight is 576 g/mol. The molecule has 0 N–H and O–H groups in total. The predicted octanol–water partition coefficient (Wildman–Crippen LogP) is 6.83. The molecule has 3 heterocycles. The molecule has 41 heavy (non-hydrogen) atoms. The van der Waals surface area contributed by atoms with Crippen LogP contribution in [0.1, 0.15) is 98.5 Å². The van der Waals surface area contributed by atoms with Crippen LogP contribution in [0.5, 0.6) is 0 Å². The van der Waals surface area contributed by atoms with Crippen LogP contribution >= 0.6 is 0 Å². The number of carbonyl (C=O) groups excluding carboxylic acids is 2. The number of benzene rings is 1. The first-order chi connectivity index (χ1) is 18.8. The molecule has 0 spiro atoms. The minimum absolute atomic E-state index is 0. The van der Waals surface area contributed by atoms with E-state index < -0.39 is 11.6 Å². The molecule has 4 aliphatic rings. The fraction of sp³-hybridized carbons (Fsp3) is 0.758. The van der Waals surface area contributed by atoms with Gasteiger partial charge in [0.1, 0.15) is 18.2 Å². The van der Waals surface area contributed by atoms with E-state index in [1.807, 2.05) is 9.80 Å². The van der Waals surface area contributed by atoms with Gasteiger partial charge in [-0.2, -0.15) is 0 Å². The molecule has 3 saturated heterocycles.